The van der Waals surface area contributed by atoms with Crippen molar-refractivity contribution in [2.45, 2.75) is 58.7 Å². The van der Waals surface area contributed by atoms with Gasteiger partial charge in [0, 0.05) is 49.2 Å². The fraction of sp³-hybridized carbons (Fsp3) is 0.545. The van der Waals surface area contributed by atoms with E-state index < -0.39 is 17.6 Å². The Bertz CT molecular complexity index is 1100. The number of carboxylic acid groups (broad SMARTS) is 1. The minimum atomic E-state index is -0.952. The molecule has 9 nitrogen and oxygen atoms in total. The summed E-state index contributed by atoms with van der Waals surface area (Å²) >= 11 is 0. The van der Waals surface area contributed by atoms with Gasteiger partial charge in [-0.3, -0.25) is 9.55 Å². The minimum absolute atomic E-state index is 0.0792. The van der Waals surface area contributed by atoms with Crippen molar-refractivity contribution < 1.29 is 14.3 Å². The van der Waals surface area contributed by atoms with Gasteiger partial charge in [-0.1, -0.05) is 13.8 Å². The number of hydrogen-bond acceptors (Lipinski definition) is 6. The van der Waals surface area contributed by atoms with Crippen LogP contribution < -0.4 is 15.9 Å². The molecule has 4 rings (SSSR count). The molecule has 0 bridgehead atoms. The van der Waals surface area contributed by atoms with E-state index in [1.54, 1.807) is 0 Å². The topological polar surface area (TPSA) is 104 Å². The summed E-state index contributed by atoms with van der Waals surface area (Å²) < 4.78 is 16.4. The molecular formula is C22H29FN6O3. The maximum absolute atomic E-state index is 15.0. The number of rotatable bonds is 3. The Kier molecular flexibility index (Phi) is 5.89. The lowest BCUT2D eigenvalue weighted by Crippen LogP contribution is -2.58. The van der Waals surface area contributed by atoms with Gasteiger partial charge >= 0.3 is 11.8 Å². The van der Waals surface area contributed by atoms with Gasteiger partial charge in [-0.25, -0.2) is 14.0 Å². The highest BCUT2D eigenvalue weighted by molar-refractivity contribution is 5.66. The van der Waals surface area contributed by atoms with Gasteiger partial charge < -0.3 is 20.2 Å². The van der Waals surface area contributed by atoms with Gasteiger partial charge in [0.25, 0.3) is 0 Å². The number of amides is 1. The molecule has 2 N–H and O–H groups in total. The average molecular weight is 445 g/mol. The van der Waals surface area contributed by atoms with Crippen molar-refractivity contribution in [3.8, 4) is 5.69 Å². The second-order valence-corrected chi connectivity index (χ2v) is 8.87. The number of nitrogens with zero attached hydrogens (tertiary/aromatic N) is 5. The standard InChI is InChI=1S/C22H29FN6O3/c1-12(2)18-19(16(23)6-8-25-18)29-17-9-24-7-5-15(17)20(26-21(29)30)27-10-14(4)28(22(31)32)11-13(27)3/h6,8,12-14,24H,5,7,9-11H2,1-4H3,(H,31,32)/t13-,14+/m0/s1. The van der Waals surface area contributed by atoms with E-state index in [0.29, 0.717) is 49.8 Å². The molecule has 172 valence electrons. The molecule has 0 spiro atoms. The summed E-state index contributed by atoms with van der Waals surface area (Å²) in [6, 6.07) is 0.873. The van der Waals surface area contributed by atoms with Gasteiger partial charge in [-0.15, -0.1) is 0 Å². The maximum atomic E-state index is 15.0. The molecule has 4 heterocycles. The summed E-state index contributed by atoms with van der Waals surface area (Å²) in [6.45, 7) is 9.48. The van der Waals surface area contributed by atoms with Gasteiger partial charge in [-0.05, 0) is 38.8 Å². The van der Waals surface area contributed by atoms with Gasteiger partial charge in [0.15, 0.2) is 5.82 Å². The Morgan fingerprint density at radius 2 is 2.03 bits per heavy atom. The summed E-state index contributed by atoms with van der Waals surface area (Å²) in [5.41, 5.74) is 1.68. The van der Waals surface area contributed by atoms with Crippen molar-refractivity contribution in [3.63, 3.8) is 0 Å². The van der Waals surface area contributed by atoms with Crippen LogP contribution in [0.1, 0.15) is 50.6 Å². The number of fused-ring (bicyclic) bond motifs is 1. The molecule has 0 radical (unpaired) electrons. The van der Waals surface area contributed by atoms with E-state index in [9.17, 15) is 14.7 Å². The van der Waals surface area contributed by atoms with E-state index in [2.05, 4.69) is 15.3 Å². The molecule has 2 aromatic heterocycles. The number of hydrogen-bond donors (Lipinski definition) is 2. The van der Waals surface area contributed by atoms with E-state index in [1.807, 2.05) is 32.6 Å². The summed E-state index contributed by atoms with van der Waals surface area (Å²) in [4.78, 5) is 37.1. The molecule has 0 saturated carbocycles. The molecule has 1 fully saturated rings. The van der Waals surface area contributed by atoms with Crippen molar-refractivity contribution in [2.24, 2.45) is 0 Å². The first-order chi connectivity index (χ1) is 15.2. The monoisotopic (exact) mass is 444 g/mol. The zero-order valence-electron chi connectivity index (χ0n) is 18.8. The van der Waals surface area contributed by atoms with Crippen LogP contribution in [0.5, 0.6) is 0 Å². The second kappa shape index (κ2) is 8.50. The molecule has 2 aliphatic heterocycles. The number of carbonyl (C=O) groups is 1. The minimum Gasteiger partial charge on any atom is -0.465 e. The van der Waals surface area contributed by atoms with Crippen LogP contribution in [0, 0.1) is 5.82 Å². The molecule has 1 amide bonds. The molecular weight excluding hydrogens is 415 g/mol. The Hall–Kier alpha value is -3.01. The lowest BCUT2D eigenvalue weighted by Gasteiger charge is -2.44. The highest BCUT2D eigenvalue weighted by atomic mass is 19.1. The van der Waals surface area contributed by atoms with Crippen molar-refractivity contribution in [2.75, 3.05) is 24.5 Å². The predicted octanol–water partition coefficient (Wildman–Crippen LogP) is 2.11. The molecule has 2 atom stereocenters. The van der Waals surface area contributed by atoms with Crippen LogP contribution in [0.15, 0.2) is 17.1 Å². The largest absolute Gasteiger partial charge is 0.465 e. The van der Waals surface area contributed by atoms with Crippen LogP contribution in [0.4, 0.5) is 15.0 Å². The third kappa shape index (κ3) is 3.72. The number of halogens is 1. The number of pyridine rings is 1. The second-order valence-electron chi connectivity index (χ2n) is 8.87. The van der Waals surface area contributed by atoms with Crippen LogP contribution in [-0.4, -0.2) is 62.4 Å². The van der Waals surface area contributed by atoms with Crippen molar-refractivity contribution in [1.82, 2.24) is 24.8 Å². The Morgan fingerprint density at radius 1 is 1.28 bits per heavy atom. The molecule has 10 heteroatoms. The highest BCUT2D eigenvalue weighted by Gasteiger charge is 2.35. The quantitative estimate of drug-likeness (QED) is 0.747. The number of nitrogens with one attached hydrogen (secondary N) is 1. The predicted molar refractivity (Wildman–Crippen MR) is 118 cm³/mol. The fourth-order valence-corrected chi connectivity index (χ4v) is 4.70. The zero-order valence-corrected chi connectivity index (χ0v) is 18.8. The Morgan fingerprint density at radius 3 is 2.72 bits per heavy atom. The smallest absolute Gasteiger partial charge is 0.407 e. The zero-order chi connectivity index (χ0) is 23.2. The normalized spacial score (nSPS) is 21.1. The SMILES string of the molecule is CC(C)c1nccc(F)c1-n1c2c(c(N3C[C@@H](C)N(C(=O)O)C[C@@H]3C)nc1=O)CCNC2. The number of piperazine rings is 1. The van der Waals surface area contributed by atoms with E-state index in [0.717, 1.165) is 5.56 Å². The molecule has 0 unspecified atom stereocenters. The van der Waals surface area contributed by atoms with E-state index >= 15 is 4.39 Å². The first-order valence-corrected chi connectivity index (χ1v) is 11.0. The van der Waals surface area contributed by atoms with E-state index in [1.165, 1.54) is 21.7 Å². The average Bonchev–Trinajstić information content (AvgIpc) is 2.75. The maximum Gasteiger partial charge on any atom is 0.407 e. The van der Waals surface area contributed by atoms with E-state index in [-0.39, 0.29) is 23.7 Å². The molecule has 32 heavy (non-hydrogen) atoms. The molecule has 1 saturated heterocycles. The van der Waals surface area contributed by atoms with E-state index in [4.69, 9.17) is 0 Å². The Balaban J connectivity index is 1.88. The summed E-state index contributed by atoms with van der Waals surface area (Å²) in [5, 5.41) is 12.8. The third-order valence-electron chi connectivity index (χ3n) is 6.30. The van der Waals surface area contributed by atoms with Crippen LogP contribution >= 0.6 is 0 Å². The lowest BCUT2D eigenvalue weighted by atomic mass is 10.0. The number of aromatic nitrogens is 3. The summed E-state index contributed by atoms with van der Waals surface area (Å²) in [6.07, 6.45) is 1.10. The molecule has 0 aliphatic carbocycles. The molecule has 2 aliphatic rings. The van der Waals surface area contributed by atoms with Gasteiger partial charge in [-0.2, -0.15) is 4.98 Å². The lowest BCUT2D eigenvalue weighted by molar-refractivity contribution is 0.114. The van der Waals surface area contributed by atoms with Crippen LogP contribution in [0.3, 0.4) is 0 Å². The number of anilines is 1. The van der Waals surface area contributed by atoms with Gasteiger partial charge in [0.2, 0.25) is 0 Å². The third-order valence-corrected chi connectivity index (χ3v) is 6.30. The first kappa shape index (κ1) is 22.2. The molecule has 0 aromatic carbocycles. The van der Waals surface area contributed by atoms with Crippen LogP contribution in [0.2, 0.25) is 0 Å². The highest BCUT2D eigenvalue weighted by Crippen LogP contribution is 2.31. The van der Waals surface area contributed by atoms with Crippen LogP contribution in [0.25, 0.3) is 5.69 Å². The Labute approximate surface area is 185 Å². The molecule has 2 aromatic rings. The van der Waals surface area contributed by atoms with Gasteiger partial charge in [0.1, 0.15) is 11.5 Å². The summed E-state index contributed by atoms with van der Waals surface area (Å²) in [5.74, 6) is -0.0165. The van der Waals surface area contributed by atoms with Crippen molar-refractivity contribution >= 4 is 11.9 Å². The van der Waals surface area contributed by atoms with Crippen LogP contribution in [-0.2, 0) is 13.0 Å². The van der Waals surface area contributed by atoms with Crippen molar-refractivity contribution in [3.05, 3.63) is 45.5 Å². The first-order valence-electron chi connectivity index (χ1n) is 11.0. The fourth-order valence-electron chi connectivity index (χ4n) is 4.70. The van der Waals surface area contributed by atoms with Crippen molar-refractivity contribution in [1.29, 1.82) is 0 Å². The summed E-state index contributed by atoms with van der Waals surface area (Å²) in [7, 11) is 0. The van der Waals surface area contributed by atoms with Gasteiger partial charge in [0.05, 0.1) is 5.69 Å².